The van der Waals surface area contributed by atoms with Gasteiger partial charge in [0.1, 0.15) is 0 Å². The Bertz CT molecular complexity index is 1120. The highest BCUT2D eigenvalue weighted by molar-refractivity contribution is 7.09. The van der Waals surface area contributed by atoms with Gasteiger partial charge in [-0.3, -0.25) is 9.59 Å². The molecule has 2 amide bonds. The van der Waals surface area contributed by atoms with Crippen LogP contribution in [-0.4, -0.2) is 55.5 Å². The number of amides is 2. The van der Waals surface area contributed by atoms with Crippen molar-refractivity contribution in [3.8, 4) is 11.5 Å². The molecule has 0 bridgehead atoms. The van der Waals surface area contributed by atoms with Crippen molar-refractivity contribution in [1.29, 1.82) is 0 Å². The van der Waals surface area contributed by atoms with E-state index in [1.807, 2.05) is 70.9 Å². The monoisotopic (exact) mass is 522 g/mol. The van der Waals surface area contributed by atoms with Crippen LogP contribution in [0.25, 0.3) is 0 Å². The Balaban J connectivity index is 1.70. The largest absolute Gasteiger partial charge is 0.493 e. The molecule has 0 spiro atoms. The van der Waals surface area contributed by atoms with Crippen LogP contribution < -0.4 is 9.47 Å². The first-order valence-electron chi connectivity index (χ1n) is 12.7. The summed E-state index contributed by atoms with van der Waals surface area (Å²) in [6, 6.07) is 19.9. The van der Waals surface area contributed by atoms with Crippen molar-refractivity contribution in [1.82, 2.24) is 9.80 Å². The van der Waals surface area contributed by atoms with Crippen molar-refractivity contribution in [3.05, 3.63) is 82.0 Å². The number of hydrogen-bond donors (Lipinski definition) is 0. The zero-order chi connectivity index (χ0) is 26.6. The summed E-state index contributed by atoms with van der Waals surface area (Å²) in [7, 11) is 3.23. The fourth-order valence-corrected chi connectivity index (χ4v) is 4.91. The summed E-state index contributed by atoms with van der Waals surface area (Å²) in [6.45, 7) is 5.85. The van der Waals surface area contributed by atoms with Crippen LogP contribution in [0.5, 0.6) is 11.5 Å². The first-order chi connectivity index (χ1) is 17.9. The molecule has 0 saturated carbocycles. The average Bonchev–Trinajstić information content (AvgIpc) is 3.42. The number of hydrogen-bond acceptors (Lipinski definition) is 5. The lowest BCUT2D eigenvalue weighted by atomic mass is 10.1. The molecule has 0 aliphatic carbocycles. The zero-order valence-corrected chi connectivity index (χ0v) is 23.1. The van der Waals surface area contributed by atoms with E-state index >= 15 is 0 Å². The predicted octanol–water partition coefficient (Wildman–Crippen LogP) is 5.45. The Morgan fingerprint density at radius 2 is 1.59 bits per heavy atom. The highest BCUT2D eigenvalue weighted by Crippen LogP contribution is 2.28. The van der Waals surface area contributed by atoms with Crippen LogP contribution in [0.3, 0.4) is 0 Å². The molecule has 198 valence electrons. The molecule has 6 nitrogen and oxygen atoms in total. The van der Waals surface area contributed by atoms with E-state index in [4.69, 9.17) is 9.47 Å². The maximum absolute atomic E-state index is 13.6. The summed E-state index contributed by atoms with van der Waals surface area (Å²) in [5.41, 5.74) is 2.18. The molecule has 1 aromatic heterocycles. The SMILES string of the molecule is COc1ccc(CCN(Cc2cccs2)C(=O)CN(CC(C)C)C(=O)CCc2ccccc2)cc1OC. The molecular formula is C30H38N2O4S. The number of carbonyl (C=O) groups is 2. The van der Waals surface area contributed by atoms with Crippen LogP contribution in [-0.2, 0) is 29.0 Å². The van der Waals surface area contributed by atoms with E-state index in [-0.39, 0.29) is 24.3 Å². The quantitative estimate of drug-likeness (QED) is 0.282. The second-order valence-corrected chi connectivity index (χ2v) is 10.5. The van der Waals surface area contributed by atoms with Crippen molar-refractivity contribution < 1.29 is 19.1 Å². The molecule has 3 aromatic rings. The van der Waals surface area contributed by atoms with Crippen LogP contribution in [0.15, 0.2) is 66.0 Å². The van der Waals surface area contributed by atoms with E-state index in [0.717, 1.165) is 16.0 Å². The Kier molecular flexibility index (Phi) is 11.0. The van der Waals surface area contributed by atoms with Crippen LogP contribution in [0.2, 0.25) is 0 Å². The summed E-state index contributed by atoms with van der Waals surface area (Å²) in [5, 5.41) is 2.02. The molecule has 7 heteroatoms. The van der Waals surface area contributed by atoms with Gasteiger partial charge in [0, 0.05) is 24.4 Å². The molecule has 0 fully saturated rings. The number of ether oxygens (including phenoxy) is 2. The standard InChI is InChI=1S/C30H38N2O4S/c1-23(2)20-32(29(33)15-13-24-9-6-5-7-10-24)22-30(34)31(21-26-11-8-18-37-26)17-16-25-12-14-27(35-3)28(19-25)36-4/h5-12,14,18-19,23H,13,15-17,20-22H2,1-4H3. The molecule has 0 N–H and O–H groups in total. The molecule has 0 saturated heterocycles. The Morgan fingerprint density at radius 1 is 0.838 bits per heavy atom. The molecule has 0 aliphatic heterocycles. The number of thiophene rings is 1. The topological polar surface area (TPSA) is 59.1 Å². The number of carbonyl (C=O) groups excluding carboxylic acids is 2. The molecule has 2 aromatic carbocycles. The van der Waals surface area contributed by atoms with Gasteiger partial charge in [0.25, 0.3) is 0 Å². The number of aryl methyl sites for hydroxylation is 1. The molecule has 0 unspecified atom stereocenters. The van der Waals surface area contributed by atoms with Gasteiger partial charge in [0.05, 0.1) is 27.3 Å². The van der Waals surface area contributed by atoms with Gasteiger partial charge in [0.2, 0.25) is 11.8 Å². The minimum atomic E-state index is -0.0393. The van der Waals surface area contributed by atoms with Crippen LogP contribution in [0.1, 0.15) is 36.3 Å². The van der Waals surface area contributed by atoms with Gasteiger partial charge >= 0.3 is 0 Å². The Labute approximate surface area is 224 Å². The van der Waals surface area contributed by atoms with Crippen molar-refractivity contribution in [2.24, 2.45) is 5.92 Å². The minimum absolute atomic E-state index is 0.0156. The molecule has 0 radical (unpaired) electrons. The van der Waals surface area contributed by atoms with Crippen molar-refractivity contribution in [2.75, 3.05) is 33.9 Å². The van der Waals surface area contributed by atoms with Gasteiger partial charge < -0.3 is 19.3 Å². The molecule has 0 aliphatic rings. The van der Waals surface area contributed by atoms with Gasteiger partial charge in [-0.2, -0.15) is 0 Å². The molecule has 37 heavy (non-hydrogen) atoms. The van der Waals surface area contributed by atoms with Crippen molar-refractivity contribution >= 4 is 23.2 Å². The summed E-state index contributed by atoms with van der Waals surface area (Å²) < 4.78 is 10.8. The van der Waals surface area contributed by atoms with Gasteiger partial charge in [-0.1, -0.05) is 56.3 Å². The predicted molar refractivity (Wildman–Crippen MR) is 149 cm³/mol. The van der Waals surface area contributed by atoms with E-state index in [9.17, 15) is 9.59 Å². The molecule has 0 atom stereocenters. The summed E-state index contributed by atoms with van der Waals surface area (Å²) in [6.07, 6.45) is 1.73. The van der Waals surface area contributed by atoms with E-state index in [2.05, 4.69) is 13.8 Å². The lowest BCUT2D eigenvalue weighted by Crippen LogP contribution is -2.44. The normalized spacial score (nSPS) is 10.8. The van der Waals surface area contributed by atoms with Gasteiger partial charge in [-0.15, -0.1) is 11.3 Å². The highest BCUT2D eigenvalue weighted by Gasteiger charge is 2.22. The fourth-order valence-electron chi connectivity index (χ4n) is 4.20. The molecule has 3 rings (SSSR count). The first kappa shape index (κ1) is 28.3. The average molecular weight is 523 g/mol. The Hall–Kier alpha value is -3.32. The maximum Gasteiger partial charge on any atom is 0.242 e. The van der Waals surface area contributed by atoms with E-state index in [0.29, 0.717) is 50.4 Å². The summed E-state index contributed by atoms with van der Waals surface area (Å²) >= 11 is 1.63. The van der Waals surface area contributed by atoms with Gasteiger partial charge in [0.15, 0.2) is 11.5 Å². The third-order valence-corrected chi connectivity index (χ3v) is 6.99. The molecule has 1 heterocycles. The lowest BCUT2D eigenvalue weighted by molar-refractivity contribution is -0.141. The fraction of sp³-hybridized carbons (Fsp3) is 0.400. The minimum Gasteiger partial charge on any atom is -0.493 e. The van der Waals surface area contributed by atoms with Crippen LogP contribution in [0, 0.1) is 5.92 Å². The van der Waals surface area contributed by atoms with Crippen molar-refractivity contribution in [2.45, 2.75) is 39.7 Å². The van der Waals surface area contributed by atoms with E-state index in [1.54, 1.807) is 30.5 Å². The zero-order valence-electron chi connectivity index (χ0n) is 22.3. The number of rotatable bonds is 14. The maximum atomic E-state index is 13.6. The van der Waals surface area contributed by atoms with E-state index < -0.39 is 0 Å². The van der Waals surface area contributed by atoms with Crippen LogP contribution >= 0.6 is 11.3 Å². The lowest BCUT2D eigenvalue weighted by Gasteiger charge is -2.29. The third kappa shape index (κ3) is 8.93. The summed E-state index contributed by atoms with van der Waals surface area (Å²) in [4.78, 5) is 31.5. The van der Waals surface area contributed by atoms with Crippen molar-refractivity contribution in [3.63, 3.8) is 0 Å². The highest BCUT2D eigenvalue weighted by atomic mass is 32.1. The molecular weight excluding hydrogens is 484 g/mol. The van der Waals surface area contributed by atoms with Crippen LogP contribution in [0.4, 0.5) is 0 Å². The van der Waals surface area contributed by atoms with E-state index in [1.165, 1.54) is 0 Å². The van der Waals surface area contributed by atoms with Gasteiger partial charge in [-0.25, -0.2) is 0 Å². The number of nitrogens with zero attached hydrogens (tertiary/aromatic N) is 2. The summed E-state index contributed by atoms with van der Waals surface area (Å²) in [5.74, 6) is 1.59. The smallest absolute Gasteiger partial charge is 0.242 e. The Morgan fingerprint density at radius 3 is 2.24 bits per heavy atom. The third-order valence-electron chi connectivity index (χ3n) is 6.13. The second-order valence-electron chi connectivity index (χ2n) is 9.49. The number of methoxy groups -OCH3 is 2. The van der Waals surface area contributed by atoms with Gasteiger partial charge in [-0.05, 0) is 53.5 Å². The number of benzene rings is 2. The first-order valence-corrected chi connectivity index (χ1v) is 13.6. The second kappa shape index (κ2) is 14.4.